The Balaban J connectivity index is 1.09. The Morgan fingerprint density at radius 1 is 0.861 bits per heavy atom. The highest BCUT2D eigenvalue weighted by Gasteiger charge is 2.17. The Bertz CT molecular complexity index is 1360. The van der Waals surface area contributed by atoms with Gasteiger partial charge in [-0.1, -0.05) is 24.3 Å². The highest BCUT2D eigenvalue weighted by atomic mass is 16.5. The van der Waals surface area contributed by atoms with Gasteiger partial charge in [0, 0.05) is 73.3 Å². The van der Waals surface area contributed by atoms with E-state index in [1.807, 2.05) is 18.2 Å². The fourth-order valence-electron chi connectivity index (χ4n) is 5.29. The van der Waals surface area contributed by atoms with Gasteiger partial charge in [0.15, 0.2) is 0 Å². The van der Waals surface area contributed by atoms with Crippen molar-refractivity contribution in [2.24, 2.45) is 0 Å². The Morgan fingerprint density at radius 3 is 2.50 bits per heavy atom. The number of fused-ring (bicyclic) bond motifs is 2. The number of hydrogen-bond acceptors (Lipinski definition) is 4. The normalized spacial score (nSPS) is 16.2. The molecule has 1 N–H and O–H groups in total. The molecule has 184 valence electrons. The number of anilines is 2. The smallest absolute Gasteiger partial charge is 0.255 e. The summed E-state index contributed by atoms with van der Waals surface area (Å²) >= 11 is 0. The largest absolute Gasteiger partial charge is 0.379 e. The van der Waals surface area contributed by atoms with Crippen LogP contribution in [0.5, 0.6) is 0 Å². The third-order valence-corrected chi connectivity index (χ3v) is 7.41. The molecule has 0 atom stereocenters. The summed E-state index contributed by atoms with van der Waals surface area (Å²) in [7, 11) is 0. The number of benzene rings is 3. The predicted molar refractivity (Wildman–Crippen MR) is 145 cm³/mol. The van der Waals surface area contributed by atoms with Crippen molar-refractivity contribution in [1.82, 2.24) is 9.47 Å². The second-order valence-electron chi connectivity index (χ2n) is 9.68. The van der Waals surface area contributed by atoms with E-state index in [-0.39, 0.29) is 5.91 Å². The summed E-state index contributed by atoms with van der Waals surface area (Å²) in [5, 5.41) is 4.21. The van der Waals surface area contributed by atoms with Crippen molar-refractivity contribution < 1.29 is 9.53 Å². The van der Waals surface area contributed by atoms with Gasteiger partial charge >= 0.3 is 0 Å². The van der Waals surface area contributed by atoms with Gasteiger partial charge in [-0.25, -0.2) is 0 Å². The van der Waals surface area contributed by atoms with Gasteiger partial charge < -0.3 is 19.5 Å². The maximum Gasteiger partial charge on any atom is 0.255 e. The molecule has 0 radical (unpaired) electrons. The van der Waals surface area contributed by atoms with E-state index in [4.69, 9.17) is 4.74 Å². The van der Waals surface area contributed by atoms with Crippen LogP contribution < -0.4 is 10.2 Å². The van der Waals surface area contributed by atoms with E-state index in [0.717, 1.165) is 75.7 Å². The van der Waals surface area contributed by atoms with E-state index in [1.54, 1.807) is 0 Å². The lowest BCUT2D eigenvalue weighted by Crippen LogP contribution is -2.38. The van der Waals surface area contributed by atoms with Gasteiger partial charge in [0.05, 0.1) is 13.2 Å². The maximum atomic E-state index is 12.9. The lowest BCUT2D eigenvalue weighted by Gasteiger charge is -2.30. The molecular formula is C30H32N4O2. The SMILES string of the molecule is O=C(Nc1ccc2c(ccn2CCN2CCOCC2)c1)c1ccc(N2CCc3ccccc3C2)cc1. The van der Waals surface area contributed by atoms with E-state index in [9.17, 15) is 4.79 Å². The van der Waals surface area contributed by atoms with Gasteiger partial charge in [-0.3, -0.25) is 9.69 Å². The van der Waals surface area contributed by atoms with Gasteiger partial charge in [-0.15, -0.1) is 0 Å². The van der Waals surface area contributed by atoms with Crippen molar-refractivity contribution in [1.29, 1.82) is 0 Å². The molecule has 0 unspecified atom stereocenters. The summed E-state index contributed by atoms with van der Waals surface area (Å²) in [6, 6.07) is 24.9. The van der Waals surface area contributed by atoms with Gasteiger partial charge in [0.1, 0.15) is 0 Å². The number of aromatic nitrogens is 1. The van der Waals surface area contributed by atoms with E-state index in [2.05, 4.69) is 80.5 Å². The Morgan fingerprint density at radius 2 is 1.67 bits per heavy atom. The summed E-state index contributed by atoms with van der Waals surface area (Å²) < 4.78 is 7.73. The van der Waals surface area contributed by atoms with E-state index in [0.29, 0.717) is 5.56 Å². The van der Waals surface area contributed by atoms with Crippen LogP contribution in [-0.2, 0) is 24.2 Å². The van der Waals surface area contributed by atoms with Crippen LogP contribution in [-0.4, -0.2) is 54.8 Å². The van der Waals surface area contributed by atoms with Crippen LogP contribution in [0.4, 0.5) is 11.4 Å². The van der Waals surface area contributed by atoms with Gasteiger partial charge in [0.2, 0.25) is 0 Å². The third-order valence-electron chi connectivity index (χ3n) is 7.41. The molecule has 0 bridgehead atoms. The second-order valence-corrected chi connectivity index (χ2v) is 9.68. The summed E-state index contributed by atoms with van der Waals surface area (Å²) in [4.78, 5) is 17.8. The van der Waals surface area contributed by atoms with Gasteiger partial charge in [-0.05, 0) is 66.1 Å². The number of amides is 1. The molecule has 3 aromatic carbocycles. The summed E-state index contributed by atoms with van der Waals surface area (Å²) in [5.41, 5.74) is 6.65. The molecule has 0 spiro atoms. The topological polar surface area (TPSA) is 49.7 Å². The number of ether oxygens (including phenoxy) is 1. The minimum atomic E-state index is -0.0864. The quantitative estimate of drug-likeness (QED) is 0.431. The van der Waals surface area contributed by atoms with Gasteiger partial charge in [0.25, 0.3) is 5.91 Å². The Hall–Kier alpha value is -3.61. The lowest BCUT2D eigenvalue weighted by atomic mass is 9.99. The van der Waals surface area contributed by atoms with Crippen LogP contribution in [0.2, 0.25) is 0 Å². The molecule has 36 heavy (non-hydrogen) atoms. The molecular weight excluding hydrogens is 448 g/mol. The maximum absolute atomic E-state index is 12.9. The number of morpholine rings is 1. The van der Waals surface area contributed by atoms with Gasteiger partial charge in [-0.2, -0.15) is 0 Å². The lowest BCUT2D eigenvalue weighted by molar-refractivity contribution is 0.0365. The first-order valence-electron chi connectivity index (χ1n) is 12.9. The average molecular weight is 481 g/mol. The zero-order valence-corrected chi connectivity index (χ0v) is 20.5. The number of nitrogens with zero attached hydrogens (tertiary/aromatic N) is 3. The van der Waals surface area contributed by atoms with Crippen molar-refractivity contribution in [2.45, 2.75) is 19.5 Å². The van der Waals surface area contributed by atoms with Crippen LogP contribution in [0.15, 0.2) is 79.0 Å². The molecule has 1 saturated heterocycles. The molecule has 1 fully saturated rings. The molecule has 2 aliphatic rings. The molecule has 0 saturated carbocycles. The monoisotopic (exact) mass is 480 g/mol. The van der Waals surface area contributed by atoms with Crippen molar-refractivity contribution >= 4 is 28.2 Å². The number of hydrogen-bond donors (Lipinski definition) is 1. The average Bonchev–Trinajstić information content (AvgIpc) is 3.34. The highest BCUT2D eigenvalue weighted by molar-refractivity contribution is 6.05. The summed E-state index contributed by atoms with van der Waals surface area (Å²) in [6.07, 6.45) is 3.18. The van der Waals surface area contributed by atoms with Crippen LogP contribution in [0.25, 0.3) is 10.9 Å². The number of carbonyl (C=O) groups is 1. The van der Waals surface area contributed by atoms with Crippen LogP contribution in [0, 0.1) is 0 Å². The second kappa shape index (κ2) is 10.2. The fraction of sp³-hybridized carbons (Fsp3) is 0.300. The zero-order chi connectivity index (χ0) is 24.3. The Labute approximate surface area is 212 Å². The first kappa shape index (κ1) is 22.8. The molecule has 2 aliphatic heterocycles. The van der Waals surface area contributed by atoms with E-state index < -0.39 is 0 Å². The zero-order valence-electron chi connectivity index (χ0n) is 20.5. The van der Waals surface area contributed by atoms with Crippen molar-refractivity contribution in [3.05, 3.63) is 95.7 Å². The van der Waals surface area contributed by atoms with E-state index in [1.165, 1.54) is 16.6 Å². The minimum absolute atomic E-state index is 0.0864. The molecule has 0 aliphatic carbocycles. The van der Waals surface area contributed by atoms with Crippen molar-refractivity contribution in [3.63, 3.8) is 0 Å². The number of nitrogens with one attached hydrogen (secondary N) is 1. The molecule has 6 nitrogen and oxygen atoms in total. The van der Waals surface area contributed by atoms with Crippen LogP contribution in [0.1, 0.15) is 21.5 Å². The fourth-order valence-corrected chi connectivity index (χ4v) is 5.29. The molecule has 3 heterocycles. The molecule has 1 aromatic heterocycles. The summed E-state index contributed by atoms with van der Waals surface area (Å²) in [6.45, 7) is 7.53. The standard InChI is InChI=1S/C30H32N4O2/c35-30(24-5-8-28(9-6-24)34-14-11-23-3-1-2-4-26(23)22-34)31-27-7-10-29-25(21-27)12-13-33(29)16-15-32-17-19-36-20-18-32/h1-10,12-13,21H,11,14-20,22H2,(H,31,35). The predicted octanol–water partition coefficient (Wildman–Crippen LogP) is 4.79. The van der Waals surface area contributed by atoms with Crippen LogP contribution in [0.3, 0.4) is 0 Å². The first-order valence-corrected chi connectivity index (χ1v) is 12.9. The minimum Gasteiger partial charge on any atom is -0.379 e. The third kappa shape index (κ3) is 4.87. The number of carbonyl (C=O) groups excluding carboxylic acids is 1. The first-order chi connectivity index (χ1) is 17.7. The van der Waals surface area contributed by atoms with E-state index >= 15 is 0 Å². The van der Waals surface area contributed by atoms with Crippen molar-refractivity contribution in [2.75, 3.05) is 49.6 Å². The number of rotatable bonds is 6. The Kier molecular flexibility index (Phi) is 6.45. The molecule has 6 heteroatoms. The molecule has 1 amide bonds. The molecule has 4 aromatic rings. The summed E-state index contributed by atoms with van der Waals surface area (Å²) in [5.74, 6) is -0.0864. The van der Waals surface area contributed by atoms with Crippen molar-refractivity contribution in [3.8, 4) is 0 Å². The highest BCUT2D eigenvalue weighted by Crippen LogP contribution is 2.25. The molecule has 6 rings (SSSR count). The van der Waals surface area contributed by atoms with Crippen LogP contribution >= 0.6 is 0 Å².